The van der Waals surface area contributed by atoms with Crippen LogP contribution in [-0.2, 0) is 14.6 Å². The molecule has 1 aliphatic heterocycles. The van der Waals surface area contributed by atoms with Crippen LogP contribution in [0.15, 0.2) is 86.1 Å². The van der Waals surface area contributed by atoms with E-state index in [2.05, 4.69) is 15.3 Å². The third-order valence-electron chi connectivity index (χ3n) is 5.23. The number of aromatic nitrogens is 1. The number of nitrogens with one attached hydrogen (secondary N) is 1. The van der Waals surface area contributed by atoms with Gasteiger partial charge in [-0.1, -0.05) is 6.07 Å². The molecule has 1 aromatic carbocycles. The standard InChI is InChI=1S/C23H20FN3O5S/c1-13-17(11-21(28)29)22-19(26-13)8-7-18(24)23(22)33(30,31)16-6-9-20(25-12-16)27-14-4-3-5-15(10-14)32-2/h3-7,9-10,12H,8,11H2,1-2H3,(H,25,27)(H,28,29). The van der Waals surface area contributed by atoms with Gasteiger partial charge in [-0.15, -0.1) is 0 Å². The summed E-state index contributed by atoms with van der Waals surface area (Å²) in [6.07, 6.45) is 1.90. The van der Waals surface area contributed by atoms with Crippen LogP contribution in [0.4, 0.5) is 15.9 Å². The maximum absolute atomic E-state index is 14.9. The first-order chi connectivity index (χ1) is 15.7. The Hall–Kier alpha value is -3.79. The lowest BCUT2D eigenvalue weighted by Gasteiger charge is -2.18. The van der Waals surface area contributed by atoms with Crippen LogP contribution in [0.25, 0.3) is 0 Å². The van der Waals surface area contributed by atoms with Gasteiger partial charge in [0.05, 0.1) is 24.1 Å². The van der Waals surface area contributed by atoms with Gasteiger partial charge in [0.2, 0.25) is 9.84 Å². The Bertz CT molecular complexity index is 1370. The number of carboxylic acid groups (broad SMARTS) is 1. The number of allylic oxidation sites excluding steroid dienone is 4. The van der Waals surface area contributed by atoms with Gasteiger partial charge >= 0.3 is 5.97 Å². The lowest BCUT2D eigenvalue weighted by molar-refractivity contribution is -0.136. The van der Waals surface area contributed by atoms with Gasteiger partial charge in [-0.2, -0.15) is 0 Å². The second kappa shape index (κ2) is 8.62. The van der Waals surface area contributed by atoms with Crippen molar-refractivity contribution in [2.24, 2.45) is 4.99 Å². The molecule has 170 valence electrons. The molecule has 4 rings (SSSR count). The van der Waals surface area contributed by atoms with Crippen LogP contribution in [0.5, 0.6) is 5.75 Å². The van der Waals surface area contributed by atoms with Crippen molar-refractivity contribution >= 4 is 33.0 Å². The third kappa shape index (κ3) is 4.29. The summed E-state index contributed by atoms with van der Waals surface area (Å²) < 4.78 is 46.9. The Labute approximate surface area is 189 Å². The van der Waals surface area contributed by atoms with Crippen molar-refractivity contribution < 1.29 is 27.4 Å². The number of halogens is 1. The summed E-state index contributed by atoms with van der Waals surface area (Å²) in [6.45, 7) is 1.58. The Kier molecular flexibility index (Phi) is 5.86. The molecule has 0 unspecified atom stereocenters. The fraction of sp³-hybridized carbons (Fsp3) is 0.174. The lowest BCUT2D eigenvalue weighted by atomic mass is 9.94. The number of aliphatic imine (C=N–C) groups is 1. The van der Waals surface area contributed by atoms with Gasteiger partial charge in [0.15, 0.2) is 0 Å². The Morgan fingerprint density at radius 1 is 1.27 bits per heavy atom. The number of hydrogen-bond acceptors (Lipinski definition) is 7. The van der Waals surface area contributed by atoms with E-state index in [-0.39, 0.29) is 22.5 Å². The predicted molar refractivity (Wildman–Crippen MR) is 121 cm³/mol. The van der Waals surface area contributed by atoms with Crippen molar-refractivity contribution in [3.8, 4) is 5.75 Å². The van der Waals surface area contributed by atoms with Crippen LogP contribution in [0.2, 0.25) is 0 Å². The Morgan fingerprint density at radius 2 is 2.06 bits per heavy atom. The van der Waals surface area contributed by atoms with Crippen molar-refractivity contribution in [3.05, 3.63) is 76.2 Å². The molecule has 0 fully saturated rings. The highest BCUT2D eigenvalue weighted by Gasteiger charge is 2.37. The quantitative estimate of drug-likeness (QED) is 0.620. The van der Waals surface area contributed by atoms with E-state index in [0.29, 0.717) is 28.7 Å². The van der Waals surface area contributed by atoms with E-state index in [1.807, 2.05) is 0 Å². The molecule has 0 atom stereocenters. The van der Waals surface area contributed by atoms with Crippen LogP contribution in [0.3, 0.4) is 0 Å². The molecular weight excluding hydrogens is 449 g/mol. The maximum atomic E-state index is 14.9. The highest BCUT2D eigenvalue weighted by molar-refractivity contribution is 7.95. The van der Waals surface area contributed by atoms with Gasteiger partial charge in [-0.3, -0.25) is 9.79 Å². The molecule has 0 spiro atoms. The number of carboxylic acids is 1. The Balaban J connectivity index is 1.71. The number of sulfone groups is 1. The first-order valence-corrected chi connectivity index (χ1v) is 11.4. The van der Waals surface area contributed by atoms with E-state index in [4.69, 9.17) is 4.74 Å². The minimum atomic E-state index is -4.34. The van der Waals surface area contributed by atoms with E-state index in [9.17, 15) is 22.7 Å². The summed E-state index contributed by atoms with van der Waals surface area (Å²) in [5, 5.41) is 12.3. The zero-order valence-corrected chi connectivity index (χ0v) is 18.6. The molecular formula is C23H20FN3O5S. The lowest BCUT2D eigenvalue weighted by Crippen LogP contribution is -2.18. The zero-order chi connectivity index (χ0) is 23.8. The summed E-state index contributed by atoms with van der Waals surface area (Å²) in [6, 6.07) is 9.90. The fourth-order valence-corrected chi connectivity index (χ4v) is 5.23. The number of carbonyl (C=O) groups is 1. The smallest absolute Gasteiger partial charge is 0.307 e. The van der Waals surface area contributed by atoms with E-state index >= 15 is 0 Å². The summed E-state index contributed by atoms with van der Waals surface area (Å²) in [5.41, 5.74) is 1.63. The average molecular weight is 469 g/mol. The zero-order valence-electron chi connectivity index (χ0n) is 17.8. The van der Waals surface area contributed by atoms with Crippen LogP contribution in [-0.4, -0.2) is 37.3 Å². The first kappa shape index (κ1) is 22.4. The number of anilines is 2. The van der Waals surface area contributed by atoms with Crippen molar-refractivity contribution in [1.29, 1.82) is 0 Å². The molecule has 2 N–H and O–H groups in total. The van der Waals surface area contributed by atoms with Gasteiger partial charge in [0.1, 0.15) is 22.3 Å². The van der Waals surface area contributed by atoms with E-state index in [0.717, 1.165) is 12.3 Å². The largest absolute Gasteiger partial charge is 0.497 e. The van der Waals surface area contributed by atoms with Crippen molar-refractivity contribution in [2.75, 3.05) is 12.4 Å². The van der Waals surface area contributed by atoms with Crippen LogP contribution < -0.4 is 10.1 Å². The molecule has 2 aromatic rings. The summed E-state index contributed by atoms with van der Waals surface area (Å²) in [5.74, 6) is -1.07. The van der Waals surface area contributed by atoms with Crippen molar-refractivity contribution in [3.63, 3.8) is 0 Å². The SMILES string of the molecule is COc1cccc(Nc2ccc(S(=O)(=O)C3=C4C(=NC(C)=C4CC(=O)O)CC=C3F)cn2)c1. The second-order valence-corrected chi connectivity index (χ2v) is 9.28. The Morgan fingerprint density at radius 3 is 2.73 bits per heavy atom. The number of benzene rings is 1. The van der Waals surface area contributed by atoms with E-state index < -0.39 is 33.0 Å². The number of fused-ring (bicyclic) bond motifs is 1. The number of pyridine rings is 1. The number of ether oxygens (including phenoxy) is 1. The van der Waals surface area contributed by atoms with E-state index in [1.165, 1.54) is 12.1 Å². The maximum Gasteiger partial charge on any atom is 0.307 e. The van der Waals surface area contributed by atoms with Gasteiger partial charge in [-0.05, 0) is 42.8 Å². The summed E-state index contributed by atoms with van der Waals surface area (Å²) in [4.78, 5) is 19.0. The molecule has 0 amide bonds. The third-order valence-corrected chi connectivity index (χ3v) is 7.03. The molecule has 10 heteroatoms. The number of hydrogen-bond donors (Lipinski definition) is 2. The first-order valence-electron chi connectivity index (χ1n) is 9.93. The highest BCUT2D eigenvalue weighted by atomic mass is 32.2. The monoisotopic (exact) mass is 469 g/mol. The predicted octanol–water partition coefficient (Wildman–Crippen LogP) is 4.32. The second-order valence-electron chi connectivity index (χ2n) is 7.39. The molecule has 0 saturated heterocycles. The highest BCUT2D eigenvalue weighted by Crippen LogP contribution is 2.41. The summed E-state index contributed by atoms with van der Waals surface area (Å²) in [7, 11) is -2.79. The van der Waals surface area contributed by atoms with Gasteiger partial charge in [-0.25, -0.2) is 17.8 Å². The molecule has 0 radical (unpaired) electrons. The number of methoxy groups -OCH3 is 1. The fourth-order valence-electron chi connectivity index (χ4n) is 3.71. The van der Waals surface area contributed by atoms with Crippen molar-refractivity contribution in [1.82, 2.24) is 4.98 Å². The molecule has 33 heavy (non-hydrogen) atoms. The molecule has 0 saturated carbocycles. The molecule has 2 aliphatic rings. The minimum Gasteiger partial charge on any atom is -0.497 e. The van der Waals surface area contributed by atoms with Gasteiger partial charge in [0.25, 0.3) is 0 Å². The normalized spacial score (nSPS) is 15.7. The van der Waals surface area contributed by atoms with Crippen LogP contribution in [0.1, 0.15) is 19.8 Å². The molecule has 8 nitrogen and oxygen atoms in total. The molecule has 1 aromatic heterocycles. The van der Waals surface area contributed by atoms with Gasteiger partial charge in [0, 0.05) is 35.6 Å². The van der Waals surface area contributed by atoms with Gasteiger partial charge < -0.3 is 15.2 Å². The molecule has 1 aliphatic carbocycles. The molecule has 0 bridgehead atoms. The van der Waals surface area contributed by atoms with E-state index in [1.54, 1.807) is 38.3 Å². The van der Waals surface area contributed by atoms with Crippen molar-refractivity contribution in [2.45, 2.75) is 24.7 Å². The average Bonchev–Trinajstić information content (AvgIpc) is 3.08. The van der Waals surface area contributed by atoms with Crippen LogP contribution >= 0.6 is 0 Å². The number of rotatable bonds is 7. The number of aliphatic carboxylic acids is 1. The van der Waals surface area contributed by atoms with Crippen LogP contribution in [0, 0.1) is 0 Å². The summed E-state index contributed by atoms with van der Waals surface area (Å²) >= 11 is 0. The molecule has 2 heterocycles. The number of nitrogens with zero attached hydrogens (tertiary/aromatic N) is 2. The topological polar surface area (TPSA) is 118 Å². The minimum absolute atomic E-state index is 0.0356.